The van der Waals surface area contributed by atoms with E-state index in [2.05, 4.69) is 10.1 Å². The zero-order chi connectivity index (χ0) is 18.3. The molecule has 9 heteroatoms. The van der Waals surface area contributed by atoms with Crippen LogP contribution in [0.5, 0.6) is 0 Å². The quantitative estimate of drug-likeness (QED) is 0.820. The number of aromatic nitrogens is 4. The van der Waals surface area contributed by atoms with Gasteiger partial charge < -0.3 is 10.6 Å². The molecular formula is C17H20N6O2S. The first kappa shape index (κ1) is 16.9. The predicted octanol–water partition coefficient (Wildman–Crippen LogP) is 1.27. The molecule has 3 heterocycles. The number of hydrogen-bond donors (Lipinski definition) is 1. The van der Waals surface area contributed by atoms with Gasteiger partial charge in [0.05, 0.1) is 17.1 Å². The van der Waals surface area contributed by atoms with Gasteiger partial charge in [-0.3, -0.25) is 14.3 Å². The minimum absolute atomic E-state index is 0.168. The van der Waals surface area contributed by atoms with E-state index in [9.17, 15) is 9.59 Å². The number of carbonyl (C=O) groups is 1. The molecule has 0 bridgehead atoms. The summed E-state index contributed by atoms with van der Waals surface area (Å²) < 4.78 is 3.07. The van der Waals surface area contributed by atoms with Crippen LogP contribution >= 0.6 is 11.8 Å². The fourth-order valence-electron chi connectivity index (χ4n) is 3.03. The fraction of sp³-hybridized carbons (Fsp3) is 0.412. The minimum atomic E-state index is -0.487. The molecule has 1 unspecified atom stereocenters. The van der Waals surface area contributed by atoms with Crippen LogP contribution in [0, 0.1) is 5.92 Å². The molecule has 2 aromatic heterocycles. The highest BCUT2D eigenvalue weighted by atomic mass is 32.2. The third kappa shape index (κ3) is 3.14. The molecule has 2 N–H and O–H groups in total. The van der Waals surface area contributed by atoms with Gasteiger partial charge in [0.1, 0.15) is 6.33 Å². The van der Waals surface area contributed by atoms with Gasteiger partial charge in [-0.1, -0.05) is 17.8 Å². The molecule has 1 atom stereocenters. The van der Waals surface area contributed by atoms with Gasteiger partial charge in [-0.2, -0.15) is 5.10 Å². The third-order valence-corrected chi connectivity index (χ3v) is 6.08. The van der Waals surface area contributed by atoms with Crippen LogP contribution in [0.15, 0.2) is 46.1 Å². The number of nitrogens with two attached hydrogens (primary N) is 1. The first-order chi connectivity index (χ1) is 12.5. The molecule has 136 valence electrons. The number of hydrogen-bond acceptors (Lipinski definition) is 6. The van der Waals surface area contributed by atoms with Gasteiger partial charge in [0.2, 0.25) is 0 Å². The van der Waals surface area contributed by atoms with Crippen molar-refractivity contribution >= 4 is 17.7 Å². The summed E-state index contributed by atoms with van der Waals surface area (Å²) in [6.45, 7) is 2.97. The largest absolute Gasteiger partial charge is 0.365 e. The summed E-state index contributed by atoms with van der Waals surface area (Å²) in [4.78, 5) is 31.4. The van der Waals surface area contributed by atoms with Crippen molar-refractivity contribution < 1.29 is 4.79 Å². The Morgan fingerprint density at radius 2 is 2.19 bits per heavy atom. The van der Waals surface area contributed by atoms with E-state index in [1.165, 1.54) is 16.4 Å². The Kier molecular flexibility index (Phi) is 4.31. The van der Waals surface area contributed by atoms with Crippen molar-refractivity contribution in [2.24, 2.45) is 11.7 Å². The molecule has 0 radical (unpaired) electrons. The Balaban J connectivity index is 1.66. The number of nitrogens with zero attached hydrogens (tertiary/aromatic N) is 5. The summed E-state index contributed by atoms with van der Waals surface area (Å²) in [6.07, 6.45) is 5.57. The molecular weight excluding hydrogens is 352 g/mol. The number of primary amides is 1. The Morgan fingerprint density at radius 3 is 2.85 bits per heavy atom. The molecule has 8 nitrogen and oxygen atoms in total. The van der Waals surface area contributed by atoms with Gasteiger partial charge >= 0.3 is 5.69 Å². The highest BCUT2D eigenvalue weighted by molar-refractivity contribution is 8.04. The minimum Gasteiger partial charge on any atom is -0.365 e. The molecule has 26 heavy (non-hydrogen) atoms. The van der Waals surface area contributed by atoms with Crippen LogP contribution in [-0.4, -0.2) is 30.1 Å². The van der Waals surface area contributed by atoms with E-state index < -0.39 is 11.4 Å². The van der Waals surface area contributed by atoms with E-state index >= 15 is 0 Å². The van der Waals surface area contributed by atoms with Gasteiger partial charge in [-0.15, -0.1) is 0 Å². The SMILES string of the molecule is CC1=C(C(N)=O)SC(n2cnn(CC3CC3)c2=O)N1Cc1ccccn1. The van der Waals surface area contributed by atoms with Crippen molar-refractivity contribution in [1.29, 1.82) is 0 Å². The van der Waals surface area contributed by atoms with Crippen molar-refractivity contribution in [3.8, 4) is 0 Å². The number of carbonyl (C=O) groups excluding carboxylic acids is 1. The first-order valence-electron chi connectivity index (χ1n) is 8.52. The van der Waals surface area contributed by atoms with Crippen LogP contribution in [0.2, 0.25) is 0 Å². The Hall–Kier alpha value is -2.55. The Bertz CT molecular complexity index is 915. The maximum Gasteiger partial charge on any atom is 0.348 e. The molecule has 1 saturated carbocycles. The highest BCUT2D eigenvalue weighted by Crippen LogP contribution is 2.44. The standard InChI is InChI=1S/C17H20N6O2S/c1-11-14(15(18)24)26-17(21(11)9-13-4-2-3-7-19-13)22-10-20-23(16(22)25)8-12-5-6-12/h2-4,7,10,12,17H,5-6,8-9H2,1H3,(H2,18,24). The van der Waals surface area contributed by atoms with E-state index in [1.54, 1.807) is 17.1 Å². The van der Waals surface area contributed by atoms with Crippen molar-refractivity contribution in [1.82, 2.24) is 24.2 Å². The van der Waals surface area contributed by atoms with E-state index in [1.807, 2.05) is 30.0 Å². The summed E-state index contributed by atoms with van der Waals surface area (Å²) in [5.41, 5.74) is 6.56. The molecule has 0 saturated heterocycles. The van der Waals surface area contributed by atoms with Crippen molar-refractivity contribution in [2.75, 3.05) is 0 Å². The summed E-state index contributed by atoms with van der Waals surface area (Å²) in [7, 11) is 0. The third-order valence-electron chi connectivity index (χ3n) is 4.65. The zero-order valence-corrected chi connectivity index (χ0v) is 15.2. The highest BCUT2D eigenvalue weighted by Gasteiger charge is 2.36. The van der Waals surface area contributed by atoms with Crippen LogP contribution < -0.4 is 11.4 Å². The van der Waals surface area contributed by atoms with Crippen LogP contribution in [0.3, 0.4) is 0 Å². The summed E-state index contributed by atoms with van der Waals surface area (Å²) in [5.74, 6) is 0.0670. The maximum absolute atomic E-state index is 12.8. The number of allylic oxidation sites excluding steroid dienone is 1. The number of thioether (sulfide) groups is 1. The lowest BCUT2D eigenvalue weighted by Crippen LogP contribution is -2.33. The molecule has 0 spiro atoms. The van der Waals surface area contributed by atoms with Gasteiger partial charge in [-0.05, 0) is 37.8 Å². The molecule has 2 aliphatic rings. The van der Waals surface area contributed by atoms with Crippen LogP contribution in [-0.2, 0) is 17.9 Å². The Labute approximate surface area is 154 Å². The Morgan fingerprint density at radius 1 is 1.38 bits per heavy atom. The molecule has 4 rings (SSSR count). The van der Waals surface area contributed by atoms with Crippen molar-refractivity contribution in [3.05, 3.63) is 57.5 Å². The lowest BCUT2D eigenvalue weighted by atomic mass is 10.3. The molecule has 1 aliphatic carbocycles. The second kappa shape index (κ2) is 6.64. The second-order valence-corrected chi connectivity index (χ2v) is 7.68. The summed E-state index contributed by atoms with van der Waals surface area (Å²) >= 11 is 1.28. The fourth-order valence-corrected chi connectivity index (χ4v) is 4.26. The molecule has 1 fully saturated rings. The number of amides is 1. The van der Waals surface area contributed by atoms with E-state index in [0.717, 1.165) is 24.2 Å². The van der Waals surface area contributed by atoms with Crippen molar-refractivity contribution in [2.45, 2.75) is 38.4 Å². The lowest BCUT2D eigenvalue weighted by molar-refractivity contribution is -0.114. The summed E-state index contributed by atoms with van der Waals surface area (Å²) in [5, 5.41) is 4.25. The van der Waals surface area contributed by atoms with Gasteiger partial charge in [0.25, 0.3) is 5.91 Å². The van der Waals surface area contributed by atoms with E-state index in [4.69, 9.17) is 5.73 Å². The van der Waals surface area contributed by atoms with E-state index in [0.29, 0.717) is 23.9 Å². The predicted molar refractivity (Wildman–Crippen MR) is 97.5 cm³/mol. The smallest absolute Gasteiger partial charge is 0.348 e. The monoisotopic (exact) mass is 372 g/mol. The molecule has 1 aliphatic heterocycles. The molecule has 2 aromatic rings. The normalized spacial score (nSPS) is 20.0. The van der Waals surface area contributed by atoms with Gasteiger partial charge in [-0.25, -0.2) is 9.48 Å². The van der Waals surface area contributed by atoms with Gasteiger partial charge in [0.15, 0.2) is 5.50 Å². The average molecular weight is 372 g/mol. The van der Waals surface area contributed by atoms with E-state index in [-0.39, 0.29) is 5.69 Å². The van der Waals surface area contributed by atoms with Crippen LogP contribution in [0.25, 0.3) is 0 Å². The lowest BCUT2D eigenvalue weighted by Gasteiger charge is -2.27. The van der Waals surface area contributed by atoms with Crippen molar-refractivity contribution in [3.63, 3.8) is 0 Å². The maximum atomic E-state index is 12.8. The summed E-state index contributed by atoms with van der Waals surface area (Å²) in [6, 6.07) is 5.68. The van der Waals surface area contributed by atoms with Gasteiger partial charge in [0, 0.05) is 18.4 Å². The average Bonchev–Trinajstić information content (AvgIpc) is 3.30. The first-order valence-corrected chi connectivity index (χ1v) is 9.40. The van der Waals surface area contributed by atoms with Crippen LogP contribution in [0.4, 0.5) is 0 Å². The topological polar surface area (TPSA) is 99.0 Å². The number of pyridine rings is 1. The zero-order valence-electron chi connectivity index (χ0n) is 14.4. The van der Waals surface area contributed by atoms with Crippen LogP contribution in [0.1, 0.15) is 31.0 Å². The number of rotatable bonds is 6. The second-order valence-electron chi connectivity index (χ2n) is 6.62. The molecule has 0 aromatic carbocycles. The molecule has 1 amide bonds.